The summed E-state index contributed by atoms with van der Waals surface area (Å²) in [6, 6.07) is 43.6. The monoisotopic (exact) mass is 910 g/mol. The Morgan fingerprint density at radius 3 is 1.16 bits per heavy atom. The van der Waals surface area contributed by atoms with Gasteiger partial charge >= 0.3 is 0 Å². The first kappa shape index (κ1) is 44.4. The summed E-state index contributed by atoms with van der Waals surface area (Å²) < 4.78 is 4.54. The number of aliphatic hydroxyl groups is 2. The van der Waals surface area contributed by atoms with E-state index in [0.717, 1.165) is 99.2 Å². The van der Waals surface area contributed by atoms with Crippen molar-refractivity contribution in [2.45, 2.75) is 83.0 Å². The molecule has 4 bridgehead atoms. The van der Waals surface area contributed by atoms with E-state index in [0.29, 0.717) is 0 Å². The fourth-order valence-corrected chi connectivity index (χ4v) is 11.6. The molecule has 0 atom stereocenters. The van der Waals surface area contributed by atoms with Gasteiger partial charge in [-0.1, -0.05) is 135 Å². The molecule has 5 aromatic rings. The van der Waals surface area contributed by atoms with Crippen molar-refractivity contribution in [3.63, 3.8) is 0 Å². The number of rotatable bonds is 12. The van der Waals surface area contributed by atoms with Crippen LogP contribution in [0, 0.1) is 17.8 Å². The summed E-state index contributed by atoms with van der Waals surface area (Å²) in [4.78, 5) is 0. The molecule has 310 valence electrons. The Hall–Kier alpha value is -3.11. The number of halogens is 2. The molecule has 0 amide bonds. The molecule has 6 aliphatic heterocycles. The number of hydrogen-bond donors (Lipinski definition) is 2. The highest BCUT2D eigenvalue weighted by molar-refractivity contribution is 5.41. The molecule has 1 aromatic heterocycles. The molecule has 6 fully saturated rings. The van der Waals surface area contributed by atoms with Crippen LogP contribution < -0.4 is 34.0 Å². The molecule has 11 rings (SSSR count). The number of fused-ring (bicyclic) bond motifs is 6. The summed E-state index contributed by atoms with van der Waals surface area (Å²) in [5.74, 6) is 0. The van der Waals surface area contributed by atoms with Crippen LogP contribution in [0.5, 0.6) is 0 Å². The Morgan fingerprint density at radius 2 is 0.862 bits per heavy atom. The maximum Gasteiger partial charge on any atom is 0.121 e. The van der Waals surface area contributed by atoms with Gasteiger partial charge in [0.2, 0.25) is 0 Å². The number of quaternary nitrogens is 2. The molecule has 6 nitrogen and oxygen atoms in total. The van der Waals surface area contributed by atoms with Gasteiger partial charge in [-0.3, -0.25) is 4.68 Å². The molecule has 0 unspecified atom stereocenters. The molecule has 4 aromatic carbocycles. The highest BCUT2D eigenvalue weighted by Crippen LogP contribution is 2.59. The lowest BCUT2D eigenvalue weighted by Gasteiger charge is -2.60. The Morgan fingerprint density at radius 1 is 0.534 bits per heavy atom. The van der Waals surface area contributed by atoms with Gasteiger partial charge in [0.1, 0.15) is 11.2 Å². The average molecular weight is 913 g/mol. The Balaban J connectivity index is 0.000000191. The molecular weight excluding hydrogens is 848 g/mol. The molecule has 0 radical (unpaired) electrons. The minimum atomic E-state index is -0.939. The second-order valence-electron chi connectivity index (χ2n) is 18.0. The van der Waals surface area contributed by atoms with Gasteiger partial charge in [0.15, 0.2) is 0 Å². The van der Waals surface area contributed by atoms with Gasteiger partial charge in [-0.05, 0) is 41.7 Å². The number of unbranched alkanes of at least 4 members (excludes halogenated alkanes) is 1. The van der Waals surface area contributed by atoms with E-state index < -0.39 is 11.2 Å². The van der Waals surface area contributed by atoms with Gasteiger partial charge in [0.05, 0.1) is 64.6 Å². The van der Waals surface area contributed by atoms with Crippen molar-refractivity contribution in [3.05, 3.63) is 162 Å². The van der Waals surface area contributed by atoms with E-state index in [2.05, 4.69) is 126 Å². The lowest BCUT2D eigenvalue weighted by atomic mass is 9.56. The van der Waals surface area contributed by atoms with E-state index in [-0.39, 0.29) is 44.8 Å². The summed E-state index contributed by atoms with van der Waals surface area (Å²) in [6.07, 6.45) is 11.3. The first-order chi connectivity index (χ1) is 27.2. The standard InChI is InChI=1S/C26H32N3O.C24H32NO.2BrH/c1-22-12-16-28(27-22)17-21-29-18-13-25(14-19-29,15-20-29)26(30,23-8-4-2-5-9-23)24-10-6-3-7-11-24;1-2-3-17-25-18-14-23(15-19-25,16-20-25)24(26,21-10-6-4-7-11-21)22-12-8-5-9-13-22;;/h2-12,16,30H,13-15,17-21H2,1H3;4-13,26H,2-3,14-20H2,1H3;2*1H/q2*+1;;/p-2. The average Bonchev–Trinajstić information content (AvgIpc) is 3.71. The Kier molecular flexibility index (Phi) is 14.0. The van der Waals surface area contributed by atoms with Crippen molar-refractivity contribution in [1.29, 1.82) is 0 Å². The van der Waals surface area contributed by atoms with Crippen molar-refractivity contribution in [2.75, 3.05) is 52.4 Å². The molecule has 0 aliphatic carbocycles. The van der Waals surface area contributed by atoms with Gasteiger partial charge in [-0.2, -0.15) is 5.10 Å². The Bertz CT molecular complexity index is 1900. The van der Waals surface area contributed by atoms with Crippen LogP contribution in [0.2, 0.25) is 0 Å². The zero-order chi connectivity index (χ0) is 38.7. The third-order valence-electron chi connectivity index (χ3n) is 15.3. The molecule has 6 saturated heterocycles. The molecule has 2 N–H and O–H groups in total. The first-order valence-corrected chi connectivity index (χ1v) is 21.6. The number of hydrogen-bond acceptors (Lipinski definition) is 3. The number of aromatic nitrogens is 2. The Labute approximate surface area is 368 Å². The van der Waals surface area contributed by atoms with E-state index >= 15 is 0 Å². The molecule has 58 heavy (non-hydrogen) atoms. The fourth-order valence-electron chi connectivity index (χ4n) is 11.6. The van der Waals surface area contributed by atoms with Crippen LogP contribution in [0.15, 0.2) is 134 Å². The van der Waals surface area contributed by atoms with Gasteiger partial charge in [0.25, 0.3) is 0 Å². The van der Waals surface area contributed by atoms with Crippen molar-refractivity contribution >= 4 is 0 Å². The van der Waals surface area contributed by atoms with Crippen LogP contribution in [-0.2, 0) is 17.7 Å². The second-order valence-corrected chi connectivity index (χ2v) is 18.0. The van der Waals surface area contributed by atoms with Gasteiger partial charge in [-0.15, -0.1) is 0 Å². The SMILES string of the molecule is CCCC[N+]12CCC(C(O)(c3ccccc3)c3ccccc3)(CC1)CC2.Cc1ccn(CC[N+]23CCC(C(O)(c4ccccc4)c4ccccc4)(CC2)CC3)n1.[Br-].[Br-]. The first-order valence-electron chi connectivity index (χ1n) is 21.6. The summed E-state index contributed by atoms with van der Waals surface area (Å²) in [5.41, 5.74) is 3.29. The predicted molar refractivity (Wildman–Crippen MR) is 226 cm³/mol. The van der Waals surface area contributed by atoms with Crippen LogP contribution in [0.1, 0.15) is 86.2 Å². The van der Waals surface area contributed by atoms with Crippen LogP contribution in [0.4, 0.5) is 0 Å². The highest BCUT2D eigenvalue weighted by atomic mass is 79.9. The number of aryl methyl sites for hydroxylation is 1. The van der Waals surface area contributed by atoms with E-state index in [1.54, 1.807) is 0 Å². The summed E-state index contributed by atoms with van der Waals surface area (Å²) in [7, 11) is 0. The number of benzene rings is 4. The third-order valence-corrected chi connectivity index (χ3v) is 15.3. The molecule has 0 saturated carbocycles. The minimum Gasteiger partial charge on any atom is -1.00 e. The van der Waals surface area contributed by atoms with Gasteiger partial charge < -0.3 is 53.1 Å². The second kappa shape index (κ2) is 18.2. The summed E-state index contributed by atoms with van der Waals surface area (Å²) >= 11 is 0. The quantitative estimate of drug-likeness (QED) is 0.190. The van der Waals surface area contributed by atoms with Crippen molar-refractivity contribution in [1.82, 2.24) is 9.78 Å². The number of piperidine rings is 6. The van der Waals surface area contributed by atoms with Crippen molar-refractivity contribution in [3.8, 4) is 0 Å². The maximum atomic E-state index is 12.4. The highest BCUT2D eigenvalue weighted by Gasteiger charge is 2.61. The molecule has 7 heterocycles. The fraction of sp³-hybridized carbons (Fsp3) is 0.460. The molecular formula is C50H64Br2N4O2. The molecule has 8 heteroatoms. The molecule has 0 spiro atoms. The van der Waals surface area contributed by atoms with Gasteiger partial charge in [0, 0.05) is 55.6 Å². The lowest BCUT2D eigenvalue weighted by Crippen LogP contribution is -3.00. The van der Waals surface area contributed by atoms with E-state index in [1.165, 1.54) is 48.0 Å². The van der Waals surface area contributed by atoms with Crippen LogP contribution >= 0.6 is 0 Å². The lowest BCUT2D eigenvalue weighted by molar-refractivity contribution is -0.946. The van der Waals surface area contributed by atoms with Crippen LogP contribution in [0.25, 0.3) is 0 Å². The largest absolute Gasteiger partial charge is 1.00 e. The number of nitrogens with zero attached hydrogens (tertiary/aromatic N) is 4. The van der Waals surface area contributed by atoms with Crippen LogP contribution in [0.3, 0.4) is 0 Å². The normalized spacial score (nSPS) is 26.1. The zero-order valence-corrected chi connectivity index (χ0v) is 37.8. The van der Waals surface area contributed by atoms with Crippen molar-refractivity contribution in [2.24, 2.45) is 10.8 Å². The van der Waals surface area contributed by atoms with E-state index in [9.17, 15) is 10.2 Å². The van der Waals surface area contributed by atoms with Gasteiger partial charge in [-0.25, -0.2) is 0 Å². The third kappa shape index (κ3) is 8.06. The summed E-state index contributed by atoms with van der Waals surface area (Å²) in [6.45, 7) is 14.9. The molecule has 6 aliphatic rings. The smallest absolute Gasteiger partial charge is 0.121 e. The predicted octanol–water partition coefficient (Wildman–Crippen LogP) is 2.86. The minimum absolute atomic E-state index is 0. The topological polar surface area (TPSA) is 58.3 Å². The van der Waals surface area contributed by atoms with E-state index in [1.807, 2.05) is 31.2 Å². The zero-order valence-electron chi connectivity index (χ0n) is 34.7. The van der Waals surface area contributed by atoms with E-state index in [4.69, 9.17) is 0 Å². The van der Waals surface area contributed by atoms with Crippen molar-refractivity contribution < 1.29 is 53.1 Å². The maximum absolute atomic E-state index is 12.4. The summed E-state index contributed by atoms with van der Waals surface area (Å²) in [5, 5.41) is 29.3. The van der Waals surface area contributed by atoms with Crippen LogP contribution in [-0.4, -0.2) is 81.3 Å².